The molecule has 2 aromatic rings. The second-order valence-corrected chi connectivity index (χ2v) is 6.41. The van der Waals surface area contributed by atoms with Gasteiger partial charge in [-0.15, -0.1) is 48.5 Å². The standard InChI is InChI=1S/C16H19F3N4OS.HI/c1-10(2)14-22-11(9-25-14)7-8-21-15(20)23-12-5-3-4-6-13(12)24-16(17,18)19;/h3-6,9-10H,7-8H2,1-2H3,(H3,20,21,23);1H. The maximum absolute atomic E-state index is 12.4. The van der Waals surface area contributed by atoms with Crippen LogP contribution in [0.5, 0.6) is 5.75 Å². The number of nitrogens with two attached hydrogens (primary N) is 1. The topological polar surface area (TPSA) is 72.5 Å². The number of nitrogens with one attached hydrogen (secondary N) is 1. The van der Waals surface area contributed by atoms with Gasteiger partial charge in [-0.05, 0) is 12.1 Å². The number of rotatable bonds is 6. The van der Waals surface area contributed by atoms with Crippen molar-refractivity contribution in [3.05, 3.63) is 40.3 Å². The van der Waals surface area contributed by atoms with Crippen LogP contribution >= 0.6 is 35.3 Å². The summed E-state index contributed by atoms with van der Waals surface area (Å²) in [5.74, 6) is 0.0193. The number of nitrogens with zero attached hydrogens (tertiary/aromatic N) is 2. The van der Waals surface area contributed by atoms with E-state index in [2.05, 4.69) is 33.9 Å². The minimum atomic E-state index is -4.78. The number of hydrogen-bond donors (Lipinski definition) is 2. The molecule has 0 radical (unpaired) electrons. The number of ether oxygens (including phenoxy) is 1. The van der Waals surface area contributed by atoms with Crippen LogP contribution in [0.15, 0.2) is 34.6 Å². The second-order valence-electron chi connectivity index (χ2n) is 5.52. The number of para-hydroxylation sites is 2. The number of aromatic nitrogens is 1. The summed E-state index contributed by atoms with van der Waals surface area (Å²) in [6.07, 6.45) is -4.17. The molecule has 0 saturated carbocycles. The highest BCUT2D eigenvalue weighted by Gasteiger charge is 2.32. The van der Waals surface area contributed by atoms with Crippen LogP contribution in [0.25, 0.3) is 0 Å². The third kappa shape index (κ3) is 7.36. The van der Waals surface area contributed by atoms with E-state index in [1.165, 1.54) is 18.2 Å². The predicted molar refractivity (Wildman–Crippen MR) is 109 cm³/mol. The first-order valence-electron chi connectivity index (χ1n) is 7.60. The van der Waals surface area contributed by atoms with Gasteiger partial charge in [-0.25, -0.2) is 4.98 Å². The molecule has 0 aliphatic rings. The Balaban J connectivity index is 0.00000338. The SMILES string of the molecule is CC(C)c1nc(CCN=C(N)Nc2ccccc2OC(F)(F)F)cs1.I. The van der Waals surface area contributed by atoms with Crippen LogP contribution < -0.4 is 15.8 Å². The van der Waals surface area contributed by atoms with E-state index in [1.54, 1.807) is 17.4 Å². The van der Waals surface area contributed by atoms with Crippen molar-refractivity contribution in [2.75, 3.05) is 11.9 Å². The monoisotopic (exact) mass is 500 g/mol. The van der Waals surface area contributed by atoms with E-state index in [1.807, 2.05) is 5.38 Å². The predicted octanol–water partition coefficient (Wildman–Crippen LogP) is 4.75. The molecule has 0 atom stereocenters. The summed E-state index contributed by atoms with van der Waals surface area (Å²) in [6.45, 7) is 4.52. The zero-order chi connectivity index (χ0) is 18.4. The Labute approximate surface area is 170 Å². The number of hydrogen-bond acceptors (Lipinski definition) is 4. The molecule has 26 heavy (non-hydrogen) atoms. The van der Waals surface area contributed by atoms with Crippen LogP contribution in [-0.2, 0) is 6.42 Å². The molecule has 0 aliphatic heterocycles. The summed E-state index contributed by atoms with van der Waals surface area (Å²) in [4.78, 5) is 8.61. The fourth-order valence-corrected chi connectivity index (χ4v) is 2.82. The van der Waals surface area contributed by atoms with Gasteiger partial charge in [-0.2, -0.15) is 0 Å². The zero-order valence-electron chi connectivity index (χ0n) is 14.2. The highest BCUT2D eigenvalue weighted by atomic mass is 127. The second kappa shape index (κ2) is 9.95. The van der Waals surface area contributed by atoms with Gasteiger partial charge in [0.2, 0.25) is 0 Å². The Bertz CT molecular complexity index is 734. The first-order chi connectivity index (χ1) is 11.7. The highest BCUT2D eigenvalue weighted by molar-refractivity contribution is 14.0. The maximum Gasteiger partial charge on any atom is 0.573 e. The molecular formula is C16H20F3IN4OS. The zero-order valence-corrected chi connectivity index (χ0v) is 17.4. The lowest BCUT2D eigenvalue weighted by Gasteiger charge is -2.14. The van der Waals surface area contributed by atoms with Gasteiger partial charge in [-0.1, -0.05) is 26.0 Å². The lowest BCUT2D eigenvalue weighted by Crippen LogP contribution is -2.24. The normalized spacial score (nSPS) is 12.0. The molecule has 1 aromatic heterocycles. The quantitative estimate of drug-likeness (QED) is 0.341. The fourth-order valence-electron chi connectivity index (χ4n) is 1.95. The van der Waals surface area contributed by atoms with Crippen molar-refractivity contribution in [3.8, 4) is 5.75 Å². The average molecular weight is 500 g/mol. The van der Waals surface area contributed by atoms with Crippen molar-refractivity contribution in [2.45, 2.75) is 32.5 Å². The minimum Gasteiger partial charge on any atom is -0.404 e. The number of thiazole rings is 1. The molecule has 2 rings (SSSR count). The first-order valence-corrected chi connectivity index (χ1v) is 8.48. The van der Waals surface area contributed by atoms with Crippen molar-refractivity contribution in [2.24, 2.45) is 10.7 Å². The van der Waals surface area contributed by atoms with Crippen LogP contribution in [0.3, 0.4) is 0 Å². The van der Waals surface area contributed by atoms with E-state index < -0.39 is 6.36 Å². The summed E-state index contributed by atoms with van der Waals surface area (Å²) in [5, 5.41) is 5.66. The van der Waals surface area contributed by atoms with Gasteiger partial charge < -0.3 is 15.8 Å². The van der Waals surface area contributed by atoms with E-state index in [4.69, 9.17) is 5.73 Å². The molecule has 0 spiro atoms. The minimum absolute atomic E-state index is 0. The number of alkyl halides is 3. The number of anilines is 1. The Kier molecular flexibility index (Phi) is 8.60. The first kappa shape index (κ1) is 22.5. The lowest BCUT2D eigenvalue weighted by atomic mass is 10.2. The van der Waals surface area contributed by atoms with Crippen LogP contribution in [-0.4, -0.2) is 23.9 Å². The van der Waals surface area contributed by atoms with Crippen molar-refractivity contribution in [1.82, 2.24) is 4.98 Å². The van der Waals surface area contributed by atoms with Gasteiger partial charge in [-0.3, -0.25) is 4.99 Å². The molecule has 10 heteroatoms. The average Bonchev–Trinajstić information content (AvgIpc) is 2.97. The summed E-state index contributed by atoms with van der Waals surface area (Å²) < 4.78 is 41.1. The molecule has 0 fully saturated rings. The third-order valence-electron chi connectivity index (χ3n) is 3.09. The van der Waals surface area contributed by atoms with Gasteiger partial charge in [0.15, 0.2) is 11.7 Å². The van der Waals surface area contributed by atoms with Gasteiger partial charge in [0, 0.05) is 24.3 Å². The summed E-state index contributed by atoms with van der Waals surface area (Å²) in [7, 11) is 0. The molecule has 0 unspecified atom stereocenters. The van der Waals surface area contributed by atoms with Crippen molar-refractivity contribution >= 4 is 47.0 Å². The molecule has 3 N–H and O–H groups in total. The van der Waals surface area contributed by atoms with E-state index in [9.17, 15) is 13.2 Å². The molecule has 0 amide bonds. The third-order valence-corrected chi connectivity index (χ3v) is 4.28. The van der Waals surface area contributed by atoms with Crippen LogP contribution in [0.2, 0.25) is 0 Å². The Morgan fingerprint density at radius 1 is 1.35 bits per heavy atom. The molecule has 0 bridgehead atoms. The highest BCUT2D eigenvalue weighted by Crippen LogP contribution is 2.29. The summed E-state index contributed by atoms with van der Waals surface area (Å²) in [6, 6.07) is 5.64. The van der Waals surface area contributed by atoms with E-state index >= 15 is 0 Å². The molecule has 5 nitrogen and oxygen atoms in total. The van der Waals surface area contributed by atoms with Gasteiger partial charge >= 0.3 is 6.36 Å². The van der Waals surface area contributed by atoms with Crippen molar-refractivity contribution in [3.63, 3.8) is 0 Å². The molecule has 0 saturated heterocycles. The number of aliphatic imine (C=N–C) groups is 1. The lowest BCUT2D eigenvalue weighted by molar-refractivity contribution is -0.274. The van der Waals surface area contributed by atoms with Gasteiger partial charge in [0.1, 0.15) is 0 Å². The summed E-state index contributed by atoms with van der Waals surface area (Å²) in [5.41, 5.74) is 6.76. The molecule has 1 heterocycles. The van der Waals surface area contributed by atoms with E-state index in [0.717, 1.165) is 10.7 Å². The molecule has 144 valence electrons. The van der Waals surface area contributed by atoms with Crippen LogP contribution in [0, 0.1) is 0 Å². The smallest absolute Gasteiger partial charge is 0.404 e. The number of guanidine groups is 1. The summed E-state index contributed by atoms with van der Waals surface area (Å²) >= 11 is 1.60. The molecule has 1 aromatic carbocycles. The number of halogens is 4. The van der Waals surface area contributed by atoms with Crippen LogP contribution in [0.4, 0.5) is 18.9 Å². The van der Waals surface area contributed by atoms with Crippen molar-refractivity contribution in [1.29, 1.82) is 0 Å². The van der Waals surface area contributed by atoms with Crippen molar-refractivity contribution < 1.29 is 17.9 Å². The largest absolute Gasteiger partial charge is 0.573 e. The molecular weight excluding hydrogens is 480 g/mol. The maximum atomic E-state index is 12.4. The van der Waals surface area contributed by atoms with Gasteiger partial charge in [0.25, 0.3) is 0 Å². The van der Waals surface area contributed by atoms with E-state index in [0.29, 0.717) is 18.9 Å². The van der Waals surface area contributed by atoms with Gasteiger partial charge in [0.05, 0.1) is 16.4 Å². The fraction of sp³-hybridized carbons (Fsp3) is 0.375. The molecule has 0 aliphatic carbocycles. The Morgan fingerprint density at radius 3 is 2.65 bits per heavy atom. The Morgan fingerprint density at radius 2 is 2.04 bits per heavy atom. The number of benzene rings is 1. The Hall–Kier alpha value is -1.56. The van der Waals surface area contributed by atoms with Crippen LogP contribution in [0.1, 0.15) is 30.5 Å². The van der Waals surface area contributed by atoms with E-state index in [-0.39, 0.29) is 41.4 Å².